The molecule has 0 aliphatic rings. The zero-order valence-corrected chi connectivity index (χ0v) is 11.5. The van der Waals surface area contributed by atoms with E-state index in [4.69, 9.17) is 15.2 Å². The van der Waals surface area contributed by atoms with E-state index in [1.165, 1.54) is 0 Å². The number of nitrogens with one attached hydrogen (secondary N) is 1. The summed E-state index contributed by atoms with van der Waals surface area (Å²) in [4.78, 5) is 11.8. The second-order valence-electron chi connectivity index (χ2n) is 4.50. The molecule has 1 aromatic rings. The van der Waals surface area contributed by atoms with E-state index >= 15 is 0 Å². The van der Waals surface area contributed by atoms with Gasteiger partial charge in [-0.25, -0.2) is 0 Å². The van der Waals surface area contributed by atoms with Crippen molar-refractivity contribution in [1.29, 1.82) is 0 Å². The quantitative estimate of drug-likeness (QED) is 0.677. The molecule has 0 saturated heterocycles. The molecule has 0 radical (unpaired) electrons. The van der Waals surface area contributed by atoms with Crippen molar-refractivity contribution in [3.05, 3.63) is 35.9 Å². The molecule has 0 bridgehead atoms. The maximum Gasteiger partial charge on any atom is 0.246 e. The predicted molar refractivity (Wildman–Crippen MR) is 73.7 cm³/mol. The lowest BCUT2D eigenvalue weighted by Crippen LogP contribution is -2.50. The van der Waals surface area contributed by atoms with Crippen LogP contribution in [-0.4, -0.2) is 39.4 Å². The van der Waals surface area contributed by atoms with Crippen molar-refractivity contribution in [3.63, 3.8) is 0 Å². The smallest absolute Gasteiger partial charge is 0.246 e. The lowest BCUT2D eigenvalue weighted by atomic mass is 9.92. The van der Waals surface area contributed by atoms with Crippen LogP contribution in [-0.2, 0) is 19.8 Å². The van der Waals surface area contributed by atoms with Crippen molar-refractivity contribution in [2.24, 2.45) is 5.73 Å². The summed E-state index contributed by atoms with van der Waals surface area (Å²) in [6.45, 7) is 3.09. The fourth-order valence-corrected chi connectivity index (χ4v) is 1.70. The van der Waals surface area contributed by atoms with E-state index in [1.807, 2.05) is 37.3 Å². The van der Waals surface area contributed by atoms with Gasteiger partial charge in [-0.15, -0.1) is 0 Å². The van der Waals surface area contributed by atoms with Gasteiger partial charge in [0.25, 0.3) is 0 Å². The number of benzene rings is 1. The van der Waals surface area contributed by atoms with Crippen LogP contribution in [0.4, 0.5) is 0 Å². The van der Waals surface area contributed by atoms with E-state index in [2.05, 4.69) is 5.32 Å². The molecule has 0 aliphatic heterocycles. The minimum absolute atomic E-state index is 0.00574. The van der Waals surface area contributed by atoms with Gasteiger partial charge in [-0.3, -0.25) is 4.79 Å². The Hall–Kier alpha value is -1.43. The second kappa shape index (κ2) is 7.89. The number of carbonyl (C=O) groups excluding carboxylic acids is 1. The molecule has 1 amide bonds. The van der Waals surface area contributed by atoms with Gasteiger partial charge in [0.15, 0.2) is 0 Å². The maximum atomic E-state index is 11.8. The average Bonchev–Trinajstić information content (AvgIpc) is 2.44. The average molecular weight is 266 g/mol. The van der Waals surface area contributed by atoms with Crippen molar-refractivity contribution in [1.82, 2.24) is 5.32 Å². The predicted octanol–water partition coefficient (Wildman–Crippen LogP) is 0.640. The lowest BCUT2D eigenvalue weighted by molar-refractivity contribution is -0.128. The van der Waals surface area contributed by atoms with E-state index in [-0.39, 0.29) is 12.5 Å². The Morgan fingerprint density at radius 3 is 2.58 bits per heavy atom. The molecule has 5 nitrogen and oxygen atoms in total. The molecule has 5 heteroatoms. The largest absolute Gasteiger partial charge is 0.382 e. The fourth-order valence-electron chi connectivity index (χ4n) is 1.70. The molecule has 0 heterocycles. The van der Waals surface area contributed by atoms with E-state index in [0.717, 1.165) is 5.56 Å². The first-order valence-corrected chi connectivity index (χ1v) is 6.25. The SMILES string of the molecule is COCCOCC(=O)NC(C)(CN)c1ccccc1. The van der Waals surface area contributed by atoms with Gasteiger partial charge >= 0.3 is 0 Å². The standard InChI is InChI=1S/C14H22N2O3/c1-14(11-15,12-6-4-3-5-7-12)16-13(17)10-19-9-8-18-2/h3-7H,8-11,15H2,1-2H3,(H,16,17). The highest BCUT2D eigenvalue weighted by Crippen LogP contribution is 2.18. The van der Waals surface area contributed by atoms with Crippen LogP contribution in [0.2, 0.25) is 0 Å². The van der Waals surface area contributed by atoms with Crippen LogP contribution in [0.3, 0.4) is 0 Å². The normalized spacial score (nSPS) is 13.8. The summed E-state index contributed by atoms with van der Waals surface area (Å²) >= 11 is 0. The Morgan fingerprint density at radius 1 is 1.32 bits per heavy atom. The number of hydrogen-bond acceptors (Lipinski definition) is 4. The molecule has 0 saturated carbocycles. The number of rotatable bonds is 8. The van der Waals surface area contributed by atoms with E-state index in [0.29, 0.717) is 19.8 Å². The van der Waals surface area contributed by atoms with Gasteiger partial charge in [-0.05, 0) is 12.5 Å². The first-order chi connectivity index (χ1) is 9.12. The molecule has 1 atom stereocenters. The summed E-state index contributed by atoms with van der Waals surface area (Å²) in [5.74, 6) is -0.187. The summed E-state index contributed by atoms with van der Waals surface area (Å²) in [7, 11) is 1.59. The molecule has 106 valence electrons. The molecule has 0 fully saturated rings. The van der Waals surface area contributed by atoms with Crippen LogP contribution >= 0.6 is 0 Å². The van der Waals surface area contributed by atoms with Crippen molar-refractivity contribution in [2.75, 3.05) is 33.5 Å². The molecule has 0 aromatic heterocycles. The van der Waals surface area contributed by atoms with Crippen LogP contribution in [0, 0.1) is 0 Å². The Labute approximate surface area is 114 Å². The molecule has 0 aliphatic carbocycles. The van der Waals surface area contributed by atoms with E-state index in [1.54, 1.807) is 7.11 Å². The van der Waals surface area contributed by atoms with Gasteiger partial charge in [0.1, 0.15) is 6.61 Å². The first kappa shape index (κ1) is 15.6. The van der Waals surface area contributed by atoms with Gasteiger partial charge in [0.2, 0.25) is 5.91 Å². The summed E-state index contributed by atoms with van der Waals surface area (Å²) in [5, 5.41) is 2.91. The zero-order valence-electron chi connectivity index (χ0n) is 11.5. The number of nitrogens with two attached hydrogens (primary N) is 1. The van der Waals surface area contributed by atoms with Gasteiger partial charge in [-0.1, -0.05) is 30.3 Å². The highest BCUT2D eigenvalue weighted by molar-refractivity contribution is 5.78. The molecule has 0 spiro atoms. The monoisotopic (exact) mass is 266 g/mol. The third kappa shape index (κ3) is 4.98. The highest BCUT2D eigenvalue weighted by Gasteiger charge is 2.26. The van der Waals surface area contributed by atoms with Crippen molar-refractivity contribution >= 4 is 5.91 Å². The van der Waals surface area contributed by atoms with Crippen LogP contribution in [0.5, 0.6) is 0 Å². The summed E-state index contributed by atoms with van der Waals surface area (Å²) in [5.41, 5.74) is 6.18. The molecular formula is C14H22N2O3. The summed E-state index contributed by atoms with van der Waals surface area (Å²) in [6.07, 6.45) is 0. The van der Waals surface area contributed by atoms with E-state index < -0.39 is 5.54 Å². The molecule has 1 unspecified atom stereocenters. The van der Waals surface area contributed by atoms with Crippen LogP contribution in [0.1, 0.15) is 12.5 Å². The molecule has 3 N–H and O–H groups in total. The van der Waals surface area contributed by atoms with Crippen molar-refractivity contribution < 1.29 is 14.3 Å². The second-order valence-corrected chi connectivity index (χ2v) is 4.50. The van der Waals surface area contributed by atoms with Gasteiger partial charge in [0.05, 0.1) is 18.8 Å². The minimum Gasteiger partial charge on any atom is -0.382 e. The molecular weight excluding hydrogens is 244 g/mol. The lowest BCUT2D eigenvalue weighted by Gasteiger charge is -2.30. The molecule has 1 rings (SSSR count). The Bertz CT molecular complexity index is 384. The first-order valence-electron chi connectivity index (χ1n) is 6.25. The van der Waals surface area contributed by atoms with Crippen molar-refractivity contribution in [3.8, 4) is 0 Å². The Kier molecular flexibility index (Phi) is 6.49. The third-order valence-electron chi connectivity index (χ3n) is 2.90. The topological polar surface area (TPSA) is 73.6 Å². The zero-order chi connectivity index (χ0) is 14.1. The summed E-state index contributed by atoms with van der Waals surface area (Å²) < 4.78 is 10.0. The number of amides is 1. The van der Waals surface area contributed by atoms with Gasteiger partial charge in [0, 0.05) is 13.7 Å². The molecule has 19 heavy (non-hydrogen) atoms. The van der Waals surface area contributed by atoms with Crippen LogP contribution in [0.25, 0.3) is 0 Å². The number of ether oxygens (including phenoxy) is 2. The molecule has 1 aromatic carbocycles. The van der Waals surface area contributed by atoms with Crippen LogP contribution < -0.4 is 11.1 Å². The van der Waals surface area contributed by atoms with Gasteiger partial charge < -0.3 is 20.5 Å². The minimum atomic E-state index is -0.580. The third-order valence-corrected chi connectivity index (χ3v) is 2.90. The Morgan fingerprint density at radius 2 is 2.00 bits per heavy atom. The Balaban J connectivity index is 2.54. The number of methoxy groups -OCH3 is 1. The van der Waals surface area contributed by atoms with E-state index in [9.17, 15) is 4.79 Å². The van der Waals surface area contributed by atoms with Gasteiger partial charge in [-0.2, -0.15) is 0 Å². The number of carbonyl (C=O) groups is 1. The number of hydrogen-bond donors (Lipinski definition) is 2. The fraction of sp³-hybridized carbons (Fsp3) is 0.500. The van der Waals surface area contributed by atoms with Crippen molar-refractivity contribution in [2.45, 2.75) is 12.5 Å². The maximum absolute atomic E-state index is 11.8. The summed E-state index contributed by atoms with van der Waals surface area (Å²) in [6, 6.07) is 9.66. The highest BCUT2D eigenvalue weighted by atomic mass is 16.5. The van der Waals surface area contributed by atoms with Crippen LogP contribution in [0.15, 0.2) is 30.3 Å².